The maximum atomic E-state index is 12.1. The number of benzene rings is 1. The fourth-order valence-corrected chi connectivity index (χ4v) is 2.93. The molecule has 2 aromatic rings. The van der Waals surface area contributed by atoms with E-state index < -0.39 is 6.10 Å². The number of aliphatic hydroxyl groups is 1. The predicted octanol–water partition coefficient (Wildman–Crippen LogP) is 3.30. The van der Waals surface area contributed by atoms with E-state index in [9.17, 15) is 9.90 Å². The van der Waals surface area contributed by atoms with Crippen LogP contribution in [0.3, 0.4) is 0 Å². The van der Waals surface area contributed by atoms with Crippen LogP contribution in [0.1, 0.15) is 40.9 Å². The molecule has 0 saturated heterocycles. The molecule has 1 aromatic carbocycles. The second-order valence-corrected chi connectivity index (χ2v) is 5.75. The third-order valence-corrected chi connectivity index (χ3v) is 4.10. The van der Waals surface area contributed by atoms with Crippen LogP contribution in [0.15, 0.2) is 41.1 Å². The molecule has 0 saturated carbocycles. The van der Waals surface area contributed by atoms with E-state index in [4.69, 9.17) is 0 Å². The lowest BCUT2D eigenvalue weighted by molar-refractivity contribution is 0.0917. The molecule has 2 unspecified atom stereocenters. The molecular formula is C16H19NO2S. The van der Waals surface area contributed by atoms with Crippen LogP contribution in [0.5, 0.6) is 0 Å². The smallest absolute Gasteiger partial charge is 0.252 e. The van der Waals surface area contributed by atoms with E-state index in [-0.39, 0.29) is 11.9 Å². The molecule has 106 valence electrons. The highest BCUT2D eigenvalue weighted by Crippen LogP contribution is 2.18. The summed E-state index contributed by atoms with van der Waals surface area (Å²) in [4.78, 5) is 12.1. The molecule has 1 aromatic heterocycles. The van der Waals surface area contributed by atoms with Crippen molar-refractivity contribution in [1.29, 1.82) is 0 Å². The Kier molecular flexibility index (Phi) is 4.93. The summed E-state index contributed by atoms with van der Waals surface area (Å²) in [6.45, 7) is 3.83. The molecular weight excluding hydrogens is 270 g/mol. The van der Waals surface area contributed by atoms with Crippen LogP contribution in [0, 0.1) is 6.92 Å². The van der Waals surface area contributed by atoms with Crippen molar-refractivity contribution in [2.45, 2.75) is 32.4 Å². The van der Waals surface area contributed by atoms with Crippen LogP contribution in [0.4, 0.5) is 0 Å². The molecule has 0 fully saturated rings. The lowest BCUT2D eigenvalue weighted by atomic mass is 10.0. The molecule has 4 heteroatoms. The molecule has 3 nitrogen and oxygen atoms in total. The van der Waals surface area contributed by atoms with Crippen molar-refractivity contribution in [1.82, 2.24) is 5.32 Å². The monoisotopic (exact) mass is 289 g/mol. The Morgan fingerprint density at radius 2 is 2.00 bits per heavy atom. The number of nitrogens with one attached hydrogen (secondary N) is 1. The van der Waals surface area contributed by atoms with Gasteiger partial charge in [0.05, 0.1) is 11.7 Å². The van der Waals surface area contributed by atoms with Crippen molar-refractivity contribution in [3.05, 3.63) is 57.8 Å². The summed E-state index contributed by atoms with van der Waals surface area (Å²) in [6, 6.07) is 9.41. The topological polar surface area (TPSA) is 49.3 Å². The number of amides is 1. The third kappa shape index (κ3) is 3.68. The molecule has 2 atom stereocenters. The molecule has 0 radical (unpaired) electrons. The first-order valence-corrected chi connectivity index (χ1v) is 7.59. The number of carbonyl (C=O) groups is 1. The summed E-state index contributed by atoms with van der Waals surface area (Å²) in [5.41, 5.74) is 2.58. The fourth-order valence-electron chi connectivity index (χ4n) is 2.10. The molecule has 2 rings (SSSR count). The quantitative estimate of drug-likeness (QED) is 0.887. The van der Waals surface area contributed by atoms with E-state index in [2.05, 4.69) is 5.32 Å². The number of aliphatic hydroxyl groups excluding tert-OH is 1. The van der Waals surface area contributed by atoms with Crippen molar-refractivity contribution < 1.29 is 9.90 Å². The summed E-state index contributed by atoms with van der Waals surface area (Å²) in [7, 11) is 0. The number of thiophene rings is 1. The zero-order valence-electron chi connectivity index (χ0n) is 11.7. The Balaban J connectivity index is 1.91. The minimum Gasteiger partial charge on any atom is -0.388 e. The highest BCUT2D eigenvalue weighted by Gasteiger charge is 2.16. The van der Waals surface area contributed by atoms with Crippen LogP contribution in [-0.4, -0.2) is 17.1 Å². The Hall–Kier alpha value is -1.65. The average Bonchev–Trinajstić information content (AvgIpc) is 2.86. The third-order valence-electron chi connectivity index (χ3n) is 3.24. The van der Waals surface area contributed by atoms with Crippen molar-refractivity contribution in [3.8, 4) is 0 Å². The van der Waals surface area contributed by atoms with Crippen LogP contribution < -0.4 is 5.32 Å². The van der Waals surface area contributed by atoms with Gasteiger partial charge in [0.15, 0.2) is 0 Å². The van der Waals surface area contributed by atoms with Crippen LogP contribution in [0.25, 0.3) is 0 Å². The predicted molar refractivity (Wildman–Crippen MR) is 82.0 cm³/mol. The Morgan fingerprint density at radius 3 is 2.60 bits per heavy atom. The van der Waals surface area contributed by atoms with Gasteiger partial charge in [0.25, 0.3) is 5.91 Å². The Bertz CT molecular complexity index is 565. The second kappa shape index (κ2) is 6.68. The highest BCUT2D eigenvalue weighted by molar-refractivity contribution is 7.08. The minimum atomic E-state index is -0.560. The Labute approximate surface area is 123 Å². The first kappa shape index (κ1) is 14.8. The van der Waals surface area contributed by atoms with Crippen molar-refractivity contribution in [2.75, 3.05) is 0 Å². The van der Waals surface area contributed by atoms with Gasteiger partial charge in [0.1, 0.15) is 0 Å². The lowest BCUT2D eigenvalue weighted by Gasteiger charge is -2.18. The van der Waals surface area contributed by atoms with Crippen molar-refractivity contribution in [2.24, 2.45) is 0 Å². The van der Waals surface area contributed by atoms with E-state index in [1.165, 1.54) is 11.3 Å². The van der Waals surface area contributed by atoms with Gasteiger partial charge in [0.2, 0.25) is 0 Å². The SMILES string of the molecule is Cc1cscc1C(=O)NC(C)CC(O)c1ccccc1. The number of hydrogen-bond donors (Lipinski definition) is 2. The summed E-state index contributed by atoms with van der Waals surface area (Å²) >= 11 is 1.52. The maximum Gasteiger partial charge on any atom is 0.252 e. The zero-order valence-corrected chi connectivity index (χ0v) is 12.5. The number of carbonyl (C=O) groups excluding carboxylic acids is 1. The molecule has 0 aliphatic rings. The van der Waals surface area contributed by atoms with Gasteiger partial charge in [-0.05, 0) is 36.8 Å². The molecule has 0 aliphatic heterocycles. The van der Waals surface area contributed by atoms with E-state index >= 15 is 0 Å². The average molecular weight is 289 g/mol. The fraction of sp³-hybridized carbons (Fsp3) is 0.312. The van der Waals surface area contributed by atoms with E-state index in [1.54, 1.807) is 0 Å². The van der Waals surface area contributed by atoms with Gasteiger partial charge in [-0.15, -0.1) is 0 Å². The van der Waals surface area contributed by atoms with Crippen molar-refractivity contribution >= 4 is 17.2 Å². The lowest BCUT2D eigenvalue weighted by Crippen LogP contribution is -2.33. The van der Waals surface area contributed by atoms with Gasteiger partial charge in [0, 0.05) is 11.4 Å². The number of aryl methyl sites for hydroxylation is 1. The Morgan fingerprint density at radius 1 is 1.30 bits per heavy atom. The summed E-state index contributed by atoms with van der Waals surface area (Å²) in [5.74, 6) is -0.0727. The van der Waals surface area contributed by atoms with Gasteiger partial charge in [-0.3, -0.25) is 4.79 Å². The van der Waals surface area contributed by atoms with Crippen molar-refractivity contribution in [3.63, 3.8) is 0 Å². The molecule has 0 spiro atoms. The summed E-state index contributed by atoms with van der Waals surface area (Å²) in [5, 5.41) is 16.9. The van der Waals surface area contributed by atoms with E-state index in [1.807, 2.05) is 54.9 Å². The van der Waals surface area contributed by atoms with Crippen LogP contribution in [0.2, 0.25) is 0 Å². The standard InChI is InChI=1S/C16H19NO2S/c1-11-9-20-10-14(11)16(19)17-12(2)8-15(18)13-6-4-3-5-7-13/h3-7,9-10,12,15,18H,8H2,1-2H3,(H,17,19). The highest BCUT2D eigenvalue weighted by atomic mass is 32.1. The van der Waals surface area contributed by atoms with Crippen LogP contribution in [-0.2, 0) is 0 Å². The van der Waals surface area contributed by atoms with Gasteiger partial charge in [-0.25, -0.2) is 0 Å². The molecule has 1 amide bonds. The van der Waals surface area contributed by atoms with E-state index in [0.717, 1.165) is 16.7 Å². The van der Waals surface area contributed by atoms with Gasteiger partial charge >= 0.3 is 0 Å². The van der Waals surface area contributed by atoms with Gasteiger partial charge in [-0.1, -0.05) is 30.3 Å². The summed E-state index contributed by atoms with van der Waals surface area (Å²) in [6.07, 6.45) is -0.0612. The molecule has 20 heavy (non-hydrogen) atoms. The first-order valence-electron chi connectivity index (χ1n) is 6.64. The number of hydrogen-bond acceptors (Lipinski definition) is 3. The molecule has 0 bridgehead atoms. The van der Waals surface area contributed by atoms with Gasteiger partial charge < -0.3 is 10.4 Å². The first-order chi connectivity index (χ1) is 9.58. The number of rotatable bonds is 5. The second-order valence-electron chi connectivity index (χ2n) is 5.01. The van der Waals surface area contributed by atoms with Crippen LogP contribution >= 0.6 is 11.3 Å². The molecule has 2 N–H and O–H groups in total. The maximum absolute atomic E-state index is 12.1. The zero-order chi connectivity index (χ0) is 14.5. The van der Waals surface area contributed by atoms with E-state index in [0.29, 0.717) is 6.42 Å². The largest absolute Gasteiger partial charge is 0.388 e. The van der Waals surface area contributed by atoms with Gasteiger partial charge in [-0.2, -0.15) is 11.3 Å². The molecule has 0 aliphatic carbocycles. The minimum absolute atomic E-state index is 0.0727. The normalized spacial score (nSPS) is 13.8. The summed E-state index contributed by atoms with van der Waals surface area (Å²) < 4.78 is 0. The molecule has 1 heterocycles.